The topological polar surface area (TPSA) is 64.1 Å². The molecular weight excluding hydrogens is 394 g/mol. The van der Waals surface area contributed by atoms with E-state index in [2.05, 4.69) is 34.6 Å². The number of amides is 1. The fourth-order valence-corrected chi connectivity index (χ4v) is 3.93. The Labute approximate surface area is 179 Å². The van der Waals surface area contributed by atoms with Gasteiger partial charge in [-0.05, 0) is 35.7 Å². The molecule has 0 fully saturated rings. The summed E-state index contributed by atoms with van der Waals surface area (Å²) in [5.74, 6) is 1.21. The van der Waals surface area contributed by atoms with Gasteiger partial charge in [0.1, 0.15) is 16.5 Å². The van der Waals surface area contributed by atoms with Crippen molar-refractivity contribution in [3.63, 3.8) is 0 Å². The third kappa shape index (κ3) is 4.90. The van der Waals surface area contributed by atoms with Crippen LogP contribution in [0.3, 0.4) is 0 Å². The predicted molar refractivity (Wildman–Crippen MR) is 119 cm³/mol. The summed E-state index contributed by atoms with van der Waals surface area (Å²) in [5, 5.41) is 12.6. The van der Waals surface area contributed by atoms with E-state index in [-0.39, 0.29) is 5.91 Å². The summed E-state index contributed by atoms with van der Waals surface area (Å²) in [4.78, 5) is 12.8. The monoisotopic (exact) mass is 415 g/mol. The van der Waals surface area contributed by atoms with Crippen molar-refractivity contribution < 1.29 is 9.53 Å². The van der Waals surface area contributed by atoms with Crippen LogP contribution in [0.15, 0.2) is 84.9 Å². The molecule has 5 nitrogen and oxygen atoms in total. The standard InChI is InChI=1S/C24H21N3O2S/c1-17(18-10-4-2-5-11-18)16-22-26-27-24(30-22)25-23(28)20-14-8-9-15-21(20)29-19-12-6-3-7-13-19/h2-15,17H,16H2,1H3,(H,25,27,28). The van der Waals surface area contributed by atoms with Gasteiger partial charge in [0.15, 0.2) is 0 Å². The molecule has 150 valence electrons. The Kier molecular flexibility index (Phi) is 6.15. The molecule has 1 unspecified atom stereocenters. The molecule has 0 aliphatic heterocycles. The minimum atomic E-state index is -0.277. The molecule has 0 bridgehead atoms. The first-order valence-electron chi connectivity index (χ1n) is 9.69. The summed E-state index contributed by atoms with van der Waals surface area (Å²) >= 11 is 1.39. The first-order chi connectivity index (χ1) is 14.7. The Morgan fingerprint density at radius 2 is 1.60 bits per heavy atom. The molecule has 0 aliphatic rings. The van der Waals surface area contributed by atoms with E-state index in [1.807, 2.05) is 54.6 Å². The number of nitrogens with one attached hydrogen (secondary N) is 1. The van der Waals surface area contributed by atoms with E-state index in [0.29, 0.717) is 28.1 Å². The lowest BCUT2D eigenvalue weighted by molar-refractivity contribution is 0.102. The zero-order chi connectivity index (χ0) is 20.8. The zero-order valence-corrected chi connectivity index (χ0v) is 17.3. The van der Waals surface area contributed by atoms with Crippen molar-refractivity contribution in [2.75, 3.05) is 5.32 Å². The fraction of sp³-hybridized carbons (Fsp3) is 0.125. The third-order valence-corrected chi connectivity index (χ3v) is 5.50. The second-order valence-electron chi connectivity index (χ2n) is 6.88. The van der Waals surface area contributed by atoms with Gasteiger partial charge < -0.3 is 4.74 Å². The predicted octanol–water partition coefficient (Wildman–Crippen LogP) is 5.93. The Bertz CT molecular complexity index is 1110. The second-order valence-corrected chi connectivity index (χ2v) is 7.94. The quantitative estimate of drug-likeness (QED) is 0.406. The summed E-state index contributed by atoms with van der Waals surface area (Å²) < 4.78 is 5.88. The van der Waals surface area contributed by atoms with Gasteiger partial charge in [0.05, 0.1) is 5.56 Å². The van der Waals surface area contributed by atoms with Gasteiger partial charge in [-0.2, -0.15) is 0 Å². The van der Waals surface area contributed by atoms with E-state index in [9.17, 15) is 4.79 Å². The highest BCUT2D eigenvalue weighted by Crippen LogP contribution is 2.27. The smallest absolute Gasteiger partial charge is 0.261 e. The molecule has 30 heavy (non-hydrogen) atoms. The lowest BCUT2D eigenvalue weighted by atomic mass is 9.98. The number of nitrogens with zero attached hydrogens (tertiary/aromatic N) is 2. The van der Waals surface area contributed by atoms with E-state index in [4.69, 9.17) is 4.74 Å². The molecule has 0 spiro atoms. The second kappa shape index (κ2) is 9.33. The Balaban J connectivity index is 1.44. The maximum Gasteiger partial charge on any atom is 0.261 e. The third-order valence-electron chi connectivity index (χ3n) is 4.64. The lowest BCUT2D eigenvalue weighted by Crippen LogP contribution is -2.12. The molecule has 1 heterocycles. The Morgan fingerprint density at radius 1 is 0.933 bits per heavy atom. The number of benzene rings is 3. The maximum absolute atomic E-state index is 12.8. The van der Waals surface area contributed by atoms with E-state index in [1.165, 1.54) is 16.9 Å². The van der Waals surface area contributed by atoms with Crippen LogP contribution in [0.25, 0.3) is 0 Å². The molecule has 1 aromatic heterocycles. The molecular formula is C24H21N3O2S. The van der Waals surface area contributed by atoms with Crippen molar-refractivity contribution >= 4 is 22.4 Å². The molecule has 0 saturated heterocycles. The number of carbonyl (C=O) groups excluding carboxylic acids is 1. The molecule has 4 aromatic rings. The molecule has 6 heteroatoms. The summed E-state index contributed by atoms with van der Waals surface area (Å²) in [7, 11) is 0. The van der Waals surface area contributed by atoms with Crippen LogP contribution in [0.5, 0.6) is 11.5 Å². The van der Waals surface area contributed by atoms with Crippen LogP contribution < -0.4 is 10.1 Å². The first kappa shape index (κ1) is 19.8. The van der Waals surface area contributed by atoms with Crippen LogP contribution in [0.2, 0.25) is 0 Å². The summed E-state index contributed by atoms with van der Waals surface area (Å²) in [6.45, 7) is 2.16. The fourth-order valence-electron chi connectivity index (χ4n) is 3.07. The van der Waals surface area contributed by atoms with E-state index in [0.717, 1.165) is 11.4 Å². The number of rotatable bonds is 7. The molecule has 1 atom stereocenters. The molecule has 1 N–H and O–H groups in total. The highest BCUT2D eigenvalue weighted by Gasteiger charge is 2.16. The van der Waals surface area contributed by atoms with Gasteiger partial charge in [0.2, 0.25) is 5.13 Å². The van der Waals surface area contributed by atoms with Crippen LogP contribution in [-0.2, 0) is 6.42 Å². The highest BCUT2D eigenvalue weighted by atomic mass is 32.1. The average Bonchev–Trinajstić information content (AvgIpc) is 3.22. The van der Waals surface area contributed by atoms with Crippen molar-refractivity contribution in [3.05, 3.63) is 101 Å². The van der Waals surface area contributed by atoms with Crippen LogP contribution in [0.1, 0.15) is 33.8 Å². The molecule has 1 amide bonds. The maximum atomic E-state index is 12.8. The molecule has 3 aromatic carbocycles. The zero-order valence-electron chi connectivity index (χ0n) is 16.5. The molecule has 4 rings (SSSR count). The number of aromatic nitrogens is 2. The Morgan fingerprint density at radius 3 is 2.37 bits per heavy atom. The van der Waals surface area contributed by atoms with Crippen molar-refractivity contribution in [1.29, 1.82) is 0 Å². The van der Waals surface area contributed by atoms with Crippen molar-refractivity contribution in [1.82, 2.24) is 10.2 Å². The van der Waals surface area contributed by atoms with Crippen molar-refractivity contribution in [3.8, 4) is 11.5 Å². The highest BCUT2D eigenvalue weighted by molar-refractivity contribution is 7.15. The van der Waals surface area contributed by atoms with E-state index < -0.39 is 0 Å². The number of hydrogen-bond acceptors (Lipinski definition) is 5. The number of hydrogen-bond donors (Lipinski definition) is 1. The van der Waals surface area contributed by atoms with Crippen LogP contribution >= 0.6 is 11.3 Å². The van der Waals surface area contributed by atoms with Gasteiger partial charge in [-0.25, -0.2) is 0 Å². The van der Waals surface area contributed by atoms with Gasteiger partial charge >= 0.3 is 0 Å². The minimum absolute atomic E-state index is 0.277. The lowest BCUT2D eigenvalue weighted by Gasteiger charge is -2.10. The SMILES string of the molecule is CC(Cc1nnc(NC(=O)c2ccccc2Oc2ccccc2)s1)c1ccccc1. The van der Waals surface area contributed by atoms with Crippen LogP contribution in [-0.4, -0.2) is 16.1 Å². The summed E-state index contributed by atoms with van der Waals surface area (Å²) in [6.07, 6.45) is 0.769. The summed E-state index contributed by atoms with van der Waals surface area (Å²) in [5.41, 5.74) is 1.70. The van der Waals surface area contributed by atoms with E-state index in [1.54, 1.807) is 18.2 Å². The van der Waals surface area contributed by atoms with Crippen molar-refractivity contribution in [2.24, 2.45) is 0 Å². The number of para-hydroxylation sites is 2. The largest absolute Gasteiger partial charge is 0.457 e. The molecule has 0 saturated carbocycles. The first-order valence-corrected chi connectivity index (χ1v) is 10.5. The van der Waals surface area contributed by atoms with Gasteiger partial charge in [-0.1, -0.05) is 78.9 Å². The van der Waals surface area contributed by atoms with E-state index >= 15 is 0 Å². The van der Waals surface area contributed by atoms with Crippen molar-refractivity contribution in [2.45, 2.75) is 19.3 Å². The number of anilines is 1. The van der Waals surface area contributed by atoms with Crippen LogP contribution in [0.4, 0.5) is 5.13 Å². The number of ether oxygens (including phenoxy) is 1. The van der Waals surface area contributed by atoms with Gasteiger partial charge in [0.25, 0.3) is 5.91 Å². The Hall–Kier alpha value is -3.51. The van der Waals surface area contributed by atoms with Gasteiger partial charge in [-0.3, -0.25) is 10.1 Å². The van der Waals surface area contributed by atoms with Crippen LogP contribution in [0, 0.1) is 0 Å². The minimum Gasteiger partial charge on any atom is -0.457 e. The van der Waals surface area contributed by atoms with Gasteiger partial charge in [-0.15, -0.1) is 10.2 Å². The molecule has 0 radical (unpaired) electrons. The summed E-state index contributed by atoms with van der Waals surface area (Å²) in [6, 6.07) is 26.8. The number of carbonyl (C=O) groups is 1. The average molecular weight is 416 g/mol. The molecule has 0 aliphatic carbocycles. The van der Waals surface area contributed by atoms with Gasteiger partial charge in [0, 0.05) is 6.42 Å². The normalized spacial score (nSPS) is 11.6.